The highest BCUT2D eigenvalue weighted by molar-refractivity contribution is 5.96. The molecule has 5 heteroatoms. The molecular formula is C21H26N2O3. The van der Waals surface area contributed by atoms with Crippen LogP contribution in [0, 0.1) is 13.8 Å². The number of anilines is 2. The molecule has 2 amide bonds. The average Bonchev–Trinajstić information content (AvgIpc) is 2.63. The molecule has 1 atom stereocenters. The molecule has 0 aromatic heterocycles. The lowest BCUT2D eigenvalue weighted by Gasteiger charge is -2.19. The zero-order chi connectivity index (χ0) is 19.1. The van der Waals surface area contributed by atoms with Gasteiger partial charge in [0.2, 0.25) is 5.91 Å². The smallest absolute Gasteiger partial charge is 0.265 e. The van der Waals surface area contributed by atoms with Crippen LogP contribution in [0.3, 0.4) is 0 Å². The van der Waals surface area contributed by atoms with Crippen molar-refractivity contribution in [3.8, 4) is 5.75 Å². The summed E-state index contributed by atoms with van der Waals surface area (Å²) in [6.45, 7) is 7.56. The van der Waals surface area contributed by atoms with Crippen LogP contribution in [0.25, 0.3) is 0 Å². The molecule has 0 bridgehead atoms. The molecular weight excluding hydrogens is 328 g/mol. The molecule has 2 N–H and O–H groups in total. The molecule has 0 aliphatic heterocycles. The highest BCUT2D eigenvalue weighted by Crippen LogP contribution is 2.22. The van der Waals surface area contributed by atoms with Crippen LogP contribution in [0.5, 0.6) is 5.75 Å². The summed E-state index contributed by atoms with van der Waals surface area (Å²) in [6.07, 6.45) is 0.356. The van der Waals surface area contributed by atoms with E-state index in [0.29, 0.717) is 30.0 Å². The Labute approximate surface area is 154 Å². The second kappa shape index (κ2) is 9.04. The molecule has 0 fully saturated rings. The maximum Gasteiger partial charge on any atom is 0.265 e. The highest BCUT2D eigenvalue weighted by atomic mass is 16.5. The molecule has 0 aliphatic carbocycles. The van der Waals surface area contributed by atoms with E-state index >= 15 is 0 Å². The summed E-state index contributed by atoms with van der Waals surface area (Å²) < 4.78 is 5.88. The van der Waals surface area contributed by atoms with Gasteiger partial charge in [-0.05, 0) is 49.6 Å². The molecule has 2 aromatic rings. The molecule has 26 heavy (non-hydrogen) atoms. The molecule has 5 nitrogen and oxygen atoms in total. The summed E-state index contributed by atoms with van der Waals surface area (Å²) in [5.41, 5.74) is 3.24. The van der Waals surface area contributed by atoms with E-state index in [2.05, 4.69) is 10.6 Å². The SMILES string of the molecule is CCC(=O)Nc1cc(NC(=O)C(CC)Oc2ccccc2C)ccc1C. The third-order valence-corrected chi connectivity index (χ3v) is 4.13. The number of aryl methyl sites for hydroxylation is 2. The van der Waals surface area contributed by atoms with E-state index < -0.39 is 6.10 Å². The molecule has 2 aromatic carbocycles. The number of ether oxygens (including phenoxy) is 1. The normalized spacial score (nSPS) is 11.5. The van der Waals surface area contributed by atoms with Crippen LogP contribution in [0.15, 0.2) is 42.5 Å². The van der Waals surface area contributed by atoms with E-state index in [1.807, 2.05) is 57.2 Å². The molecule has 0 spiro atoms. The topological polar surface area (TPSA) is 67.4 Å². The van der Waals surface area contributed by atoms with Gasteiger partial charge in [0.1, 0.15) is 5.75 Å². The standard InChI is InChI=1S/C21H26N2O3/c1-5-18(26-19-10-8-7-9-15(19)4)21(25)22-16-12-11-14(3)17(13-16)23-20(24)6-2/h7-13,18H,5-6H2,1-4H3,(H,22,25)(H,23,24). The van der Waals surface area contributed by atoms with E-state index in [9.17, 15) is 9.59 Å². The summed E-state index contributed by atoms with van der Waals surface area (Å²) in [5.74, 6) is 0.424. The van der Waals surface area contributed by atoms with Crippen LogP contribution < -0.4 is 15.4 Å². The lowest BCUT2D eigenvalue weighted by molar-refractivity contribution is -0.122. The minimum Gasteiger partial charge on any atom is -0.480 e. The molecule has 2 rings (SSSR count). The molecule has 0 saturated carbocycles. The van der Waals surface area contributed by atoms with E-state index in [4.69, 9.17) is 4.74 Å². The molecule has 0 aliphatic rings. The van der Waals surface area contributed by atoms with Crippen molar-refractivity contribution in [3.05, 3.63) is 53.6 Å². The van der Waals surface area contributed by atoms with Crippen molar-refractivity contribution < 1.29 is 14.3 Å². The summed E-state index contributed by atoms with van der Waals surface area (Å²) >= 11 is 0. The van der Waals surface area contributed by atoms with Crippen molar-refractivity contribution >= 4 is 23.2 Å². The van der Waals surface area contributed by atoms with Crippen LogP contribution in [-0.4, -0.2) is 17.9 Å². The fraction of sp³-hybridized carbons (Fsp3) is 0.333. The Morgan fingerprint density at radius 2 is 1.73 bits per heavy atom. The fourth-order valence-corrected chi connectivity index (χ4v) is 2.46. The Morgan fingerprint density at radius 1 is 1.00 bits per heavy atom. The second-order valence-electron chi connectivity index (χ2n) is 6.20. The Balaban J connectivity index is 2.11. The van der Waals surface area contributed by atoms with E-state index in [0.717, 1.165) is 11.1 Å². The van der Waals surface area contributed by atoms with Gasteiger partial charge in [-0.2, -0.15) is 0 Å². The first-order valence-corrected chi connectivity index (χ1v) is 8.88. The highest BCUT2D eigenvalue weighted by Gasteiger charge is 2.19. The number of benzene rings is 2. The summed E-state index contributed by atoms with van der Waals surface area (Å²) in [7, 11) is 0. The Morgan fingerprint density at radius 3 is 2.38 bits per heavy atom. The summed E-state index contributed by atoms with van der Waals surface area (Å²) in [5, 5.41) is 5.72. The number of carbonyl (C=O) groups excluding carboxylic acids is 2. The maximum atomic E-state index is 12.6. The van der Waals surface area contributed by atoms with Gasteiger partial charge >= 0.3 is 0 Å². The van der Waals surface area contributed by atoms with Crippen molar-refractivity contribution in [3.63, 3.8) is 0 Å². The number of rotatable bonds is 7. The van der Waals surface area contributed by atoms with Crippen molar-refractivity contribution in [2.45, 2.75) is 46.6 Å². The van der Waals surface area contributed by atoms with E-state index in [1.54, 1.807) is 13.0 Å². The van der Waals surface area contributed by atoms with Crippen molar-refractivity contribution in [2.24, 2.45) is 0 Å². The van der Waals surface area contributed by atoms with Crippen molar-refractivity contribution in [2.75, 3.05) is 10.6 Å². The Bertz CT molecular complexity index is 787. The van der Waals surface area contributed by atoms with Gasteiger partial charge in [0.25, 0.3) is 5.91 Å². The number of carbonyl (C=O) groups is 2. The minimum absolute atomic E-state index is 0.0640. The predicted octanol–water partition coefficient (Wildman–Crippen LogP) is 4.45. The zero-order valence-electron chi connectivity index (χ0n) is 15.8. The second-order valence-corrected chi connectivity index (χ2v) is 6.20. The number of hydrogen-bond donors (Lipinski definition) is 2. The first-order chi connectivity index (χ1) is 12.4. The summed E-state index contributed by atoms with van der Waals surface area (Å²) in [6, 6.07) is 13.1. The Hall–Kier alpha value is -2.82. The van der Waals surface area contributed by atoms with Gasteiger partial charge in [0, 0.05) is 17.8 Å². The lowest BCUT2D eigenvalue weighted by Crippen LogP contribution is -2.32. The van der Waals surface area contributed by atoms with Gasteiger partial charge in [-0.1, -0.05) is 38.1 Å². The quantitative estimate of drug-likeness (QED) is 0.772. The van der Waals surface area contributed by atoms with Crippen molar-refractivity contribution in [1.29, 1.82) is 0 Å². The third-order valence-electron chi connectivity index (χ3n) is 4.13. The van der Waals surface area contributed by atoms with Gasteiger partial charge in [-0.15, -0.1) is 0 Å². The maximum absolute atomic E-state index is 12.6. The van der Waals surface area contributed by atoms with Crippen LogP contribution in [0.1, 0.15) is 37.8 Å². The number of nitrogens with one attached hydrogen (secondary N) is 2. The lowest BCUT2D eigenvalue weighted by atomic mass is 10.1. The number of para-hydroxylation sites is 1. The Kier molecular flexibility index (Phi) is 6.78. The molecule has 138 valence electrons. The van der Waals surface area contributed by atoms with Gasteiger partial charge in [-0.3, -0.25) is 9.59 Å². The molecule has 0 radical (unpaired) electrons. The largest absolute Gasteiger partial charge is 0.480 e. The molecule has 1 unspecified atom stereocenters. The fourth-order valence-electron chi connectivity index (χ4n) is 2.46. The van der Waals surface area contributed by atoms with Crippen LogP contribution in [0.4, 0.5) is 11.4 Å². The van der Waals surface area contributed by atoms with Crippen LogP contribution in [0.2, 0.25) is 0 Å². The third kappa shape index (κ3) is 5.09. The predicted molar refractivity (Wildman–Crippen MR) is 105 cm³/mol. The van der Waals surface area contributed by atoms with Gasteiger partial charge in [0.15, 0.2) is 6.10 Å². The number of amides is 2. The number of hydrogen-bond acceptors (Lipinski definition) is 3. The van der Waals surface area contributed by atoms with Gasteiger partial charge in [-0.25, -0.2) is 0 Å². The first kappa shape index (κ1) is 19.5. The van der Waals surface area contributed by atoms with E-state index in [1.165, 1.54) is 0 Å². The zero-order valence-corrected chi connectivity index (χ0v) is 15.8. The van der Waals surface area contributed by atoms with E-state index in [-0.39, 0.29) is 11.8 Å². The van der Waals surface area contributed by atoms with Gasteiger partial charge < -0.3 is 15.4 Å². The van der Waals surface area contributed by atoms with Crippen LogP contribution in [-0.2, 0) is 9.59 Å². The first-order valence-electron chi connectivity index (χ1n) is 8.88. The summed E-state index contributed by atoms with van der Waals surface area (Å²) in [4.78, 5) is 24.2. The monoisotopic (exact) mass is 354 g/mol. The van der Waals surface area contributed by atoms with Crippen molar-refractivity contribution in [1.82, 2.24) is 0 Å². The van der Waals surface area contributed by atoms with Gasteiger partial charge in [0.05, 0.1) is 0 Å². The molecule has 0 saturated heterocycles. The average molecular weight is 354 g/mol. The molecule has 0 heterocycles. The van der Waals surface area contributed by atoms with Crippen LogP contribution >= 0.6 is 0 Å². The minimum atomic E-state index is -0.592.